The second kappa shape index (κ2) is 4.94. The summed E-state index contributed by atoms with van der Waals surface area (Å²) in [6.45, 7) is 0. The minimum atomic E-state index is -1.25. The van der Waals surface area contributed by atoms with Gasteiger partial charge in [-0.05, 0) is 11.1 Å². The van der Waals surface area contributed by atoms with Gasteiger partial charge in [0, 0.05) is 6.08 Å². The standard InChI is InChI=1S/C17H14O3/c18-15-11-12-17(16(19)20-15,13-7-3-1-4-8-13)14-9-5-2-6-10-14/h1-12,16,19H. The van der Waals surface area contributed by atoms with Crippen molar-refractivity contribution in [1.29, 1.82) is 0 Å². The summed E-state index contributed by atoms with van der Waals surface area (Å²) in [5.74, 6) is -0.528. The van der Waals surface area contributed by atoms with Crippen molar-refractivity contribution in [3.8, 4) is 0 Å². The average molecular weight is 266 g/mol. The normalized spacial score (nSPS) is 20.4. The third-order valence-corrected chi connectivity index (χ3v) is 3.60. The van der Waals surface area contributed by atoms with E-state index >= 15 is 0 Å². The Balaban J connectivity index is 2.24. The third kappa shape index (κ3) is 1.92. The Labute approximate surface area is 117 Å². The Morgan fingerprint density at radius 3 is 1.85 bits per heavy atom. The van der Waals surface area contributed by atoms with Crippen LogP contribution in [0.15, 0.2) is 72.8 Å². The van der Waals surface area contributed by atoms with Crippen LogP contribution in [0.25, 0.3) is 0 Å². The van der Waals surface area contributed by atoms with Gasteiger partial charge in [-0.15, -0.1) is 0 Å². The SMILES string of the molecule is O=C1C=CC(c2ccccc2)(c2ccccc2)C(O)O1. The molecule has 1 unspecified atom stereocenters. The van der Waals surface area contributed by atoms with Gasteiger partial charge in [0.25, 0.3) is 0 Å². The molecule has 0 aromatic heterocycles. The molecule has 1 aliphatic rings. The number of aliphatic hydroxyl groups excluding tert-OH is 1. The molecule has 0 saturated carbocycles. The van der Waals surface area contributed by atoms with Gasteiger partial charge >= 0.3 is 5.97 Å². The molecule has 0 amide bonds. The van der Waals surface area contributed by atoms with Crippen LogP contribution >= 0.6 is 0 Å². The van der Waals surface area contributed by atoms with E-state index in [1.807, 2.05) is 60.7 Å². The molecule has 1 atom stereocenters. The fourth-order valence-electron chi connectivity index (χ4n) is 2.60. The van der Waals surface area contributed by atoms with Crippen molar-refractivity contribution < 1.29 is 14.6 Å². The summed E-state index contributed by atoms with van der Waals surface area (Å²) < 4.78 is 5.04. The second-order valence-electron chi connectivity index (χ2n) is 4.72. The van der Waals surface area contributed by atoms with Crippen molar-refractivity contribution >= 4 is 5.97 Å². The summed E-state index contributed by atoms with van der Waals surface area (Å²) in [4.78, 5) is 11.4. The molecule has 0 saturated heterocycles. The Bertz CT molecular complexity index is 592. The molecular weight excluding hydrogens is 252 g/mol. The fraction of sp³-hybridized carbons (Fsp3) is 0.118. The van der Waals surface area contributed by atoms with Crippen molar-refractivity contribution in [3.63, 3.8) is 0 Å². The van der Waals surface area contributed by atoms with E-state index in [2.05, 4.69) is 0 Å². The molecule has 0 radical (unpaired) electrons. The molecule has 1 aliphatic heterocycles. The van der Waals surface area contributed by atoms with Gasteiger partial charge in [-0.3, -0.25) is 0 Å². The molecule has 1 heterocycles. The summed E-state index contributed by atoms with van der Waals surface area (Å²) in [5.41, 5.74) is 0.890. The van der Waals surface area contributed by atoms with Gasteiger partial charge in [0.15, 0.2) is 0 Å². The lowest BCUT2D eigenvalue weighted by atomic mass is 9.72. The number of rotatable bonds is 2. The predicted molar refractivity (Wildman–Crippen MR) is 74.9 cm³/mol. The molecular formula is C17H14O3. The minimum Gasteiger partial charge on any atom is -0.431 e. The van der Waals surface area contributed by atoms with Crippen molar-refractivity contribution in [2.45, 2.75) is 11.7 Å². The van der Waals surface area contributed by atoms with Gasteiger partial charge in [-0.1, -0.05) is 66.7 Å². The largest absolute Gasteiger partial charge is 0.431 e. The molecule has 2 aromatic carbocycles. The van der Waals surface area contributed by atoms with Crippen LogP contribution in [0.5, 0.6) is 0 Å². The number of carbonyl (C=O) groups excluding carboxylic acids is 1. The minimum absolute atomic E-state index is 0.528. The van der Waals surface area contributed by atoms with Crippen LogP contribution in [0, 0.1) is 0 Å². The molecule has 100 valence electrons. The number of ether oxygens (including phenoxy) is 1. The summed E-state index contributed by atoms with van der Waals surface area (Å²) in [6, 6.07) is 19.1. The van der Waals surface area contributed by atoms with Crippen LogP contribution < -0.4 is 0 Å². The Morgan fingerprint density at radius 1 is 0.900 bits per heavy atom. The van der Waals surface area contributed by atoms with Crippen molar-refractivity contribution in [1.82, 2.24) is 0 Å². The van der Waals surface area contributed by atoms with E-state index in [1.165, 1.54) is 6.08 Å². The maximum atomic E-state index is 11.4. The molecule has 2 aromatic rings. The Hall–Kier alpha value is -2.39. The highest BCUT2D eigenvalue weighted by molar-refractivity contribution is 5.84. The van der Waals surface area contributed by atoms with E-state index < -0.39 is 17.7 Å². The number of aliphatic hydroxyl groups is 1. The van der Waals surface area contributed by atoms with Crippen LogP contribution in [-0.4, -0.2) is 17.4 Å². The highest BCUT2D eigenvalue weighted by Gasteiger charge is 2.44. The van der Waals surface area contributed by atoms with E-state index in [1.54, 1.807) is 6.08 Å². The Morgan fingerprint density at radius 2 is 1.40 bits per heavy atom. The number of benzene rings is 2. The summed E-state index contributed by atoms with van der Waals surface area (Å²) in [6.07, 6.45) is 1.84. The number of hydrogen-bond acceptors (Lipinski definition) is 3. The Kier molecular flexibility index (Phi) is 3.12. The first-order valence-electron chi connectivity index (χ1n) is 6.42. The lowest BCUT2D eigenvalue weighted by molar-refractivity contribution is -0.171. The number of carbonyl (C=O) groups is 1. The number of hydrogen-bond donors (Lipinski definition) is 1. The summed E-state index contributed by atoms with van der Waals surface area (Å²) in [7, 11) is 0. The second-order valence-corrected chi connectivity index (χ2v) is 4.72. The lowest BCUT2D eigenvalue weighted by Crippen LogP contribution is -2.44. The number of cyclic esters (lactones) is 1. The molecule has 0 fully saturated rings. The highest BCUT2D eigenvalue weighted by Crippen LogP contribution is 2.39. The van der Waals surface area contributed by atoms with Gasteiger partial charge in [0.1, 0.15) is 5.41 Å². The quantitative estimate of drug-likeness (QED) is 0.849. The molecule has 1 N–H and O–H groups in total. The monoisotopic (exact) mass is 266 g/mol. The van der Waals surface area contributed by atoms with Gasteiger partial charge in [-0.25, -0.2) is 4.79 Å². The predicted octanol–water partition coefficient (Wildman–Crippen LogP) is 2.40. The van der Waals surface area contributed by atoms with E-state index in [-0.39, 0.29) is 0 Å². The van der Waals surface area contributed by atoms with Crippen LogP contribution in [0.1, 0.15) is 11.1 Å². The van der Waals surface area contributed by atoms with Crippen molar-refractivity contribution in [3.05, 3.63) is 83.9 Å². The van der Waals surface area contributed by atoms with Gasteiger partial charge in [0.2, 0.25) is 6.29 Å². The van der Waals surface area contributed by atoms with Crippen LogP contribution in [0.3, 0.4) is 0 Å². The first-order chi connectivity index (χ1) is 9.73. The van der Waals surface area contributed by atoms with E-state index in [0.29, 0.717) is 0 Å². The molecule has 0 spiro atoms. The molecule has 0 aliphatic carbocycles. The third-order valence-electron chi connectivity index (χ3n) is 3.60. The van der Waals surface area contributed by atoms with Crippen LogP contribution in [0.2, 0.25) is 0 Å². The molecule has 20 heavy (non-hydrogen) atoms. The van der Waals surface area contributed by atoms with E-state index in [0.717, 1.165) is 11.1 Å². The van der Waals surface area contributed by atoms with Crippen molar-refractivity contribution in [2.24, 2.45) is 0 Å². The number of esters is 1. The van der Waals surface area contributed by atoms with Gasteiger partial charge in [0.05, 0.1) is 0 Å². The topological polar surface area (TPSA) is 46.5 Å². The van der Waals surface area contributed by atoms with Gasteiger partial charge in [-0.2, -0.15) is 0 Å². The molecule has 0 bridgehead atoms. The summed E-state index contributed by atoms with van der Waals surface area (Å²) in [5, 5.41) is 10.4. The molecule has 3 heteroatoms. The fourth-order valence-corrected chi connectivity index (χ4v) is 2.60. The molecule has 3 rings (SSSR count). The molecule has 3 nitrogen and oxygen atoms in total. The average Bonchev–Trinajstić information content (AvgIpc) is 2.50. The highest BCUT2D eigenvalue weighted by atomic mass is 16.6. The first-order valence-corrected chi connectivity index (χ1v) is 6.42. The lowest BCUT2D eigenvalue weighted by Gasteiger charge is -2.37. The summed E-state index contributed by atoms with van der Waals surface area (Å²) >= 11 is 0. The maximum absolute atomic E-state index is 11.4. The van der Waals surface area contributed by atoms with Gasteiger partial charge < -0.3 is 9.84 Å². The zero-order valence-corrected chi connectivity index (χ0v) is 10.8. The zero-order chi connectivity index (χ0) is 14.0. The van der Waals surface area contributed by atoms with Crippen LogP contribution in [0.4, 0.5) is 0 Å². The first kappa shape index (κ1) is 12.6. The van der Waals surface area contributed by atoms with Crippen molar-refractivity contribution in [2.75, 3.05) is 0 Å². The maximum Gasteiger partial charge on any atom is 0.332 e. The van der Waals surface area contributed by atoms with E-state index in [4.69, 9.17) is 4.74 Å². The zero-order valence-electron chi connectivity index (χ0n) is 10.8. The van der Waals surface area contributed by atoms with E-state index in [9.17, 15) is 9.90 Å². The van der Waals surface area contributed by atoms with Crippen LogP contribution in [-0.2, 0) is 14.9 Å². The smallest absolute Gasteiger partial charge is 0.332 e.